The number of aromatic nitrogens is 1. The molecule has 2 aromatic rings. The van der Waals surface area contributed by atoms with Gasteiger partial charge in [-0.3, -0.25) is 9.59 Å². The fourth-order valence-electron chi connectivity index (χ4n) is 6.57. The molecule has 2 saturated heterocycles. The maximum Gasteiger partial charge on any atom is 0.258 e. The number of carbonyl (C=O) groups is 2. The highest BCUT2D eigenvalue weighted by molar-refractivity contribution is 6.06. The van der Waals surface area contributed by atoms with Crippen LogP contribution in [0.25, 0.3) is 0 Å². The number of piperidine rings is 2. The number of hydrogen-bond donors (Lipinski definition) is 3. The Hall–Kier alpha value is -2.71. The molecular formula is C25H30FN3O4. The number of aliphatic hydroxyl groups excluding tert-OH is 1. The van der Waals surface area contributed by atoms with Crippen LogP contribution in [-0.2, 0) is 11.8 Å². The maximum absolute atomic E-state index is 13.6. The van der Waals surface area contributed by atoms with Crippen LogP contribution in [0.2, 0.25) is 0 Å². The molecule has 5 atom stereocenters. The second kappa shape index (κ2) is 7.40. The first-order valence-electron chi connectivity index (χ1n) is 11.5. The summed E-state index contributed by atoms with van der Waals surface area (Å²) in [5.41, 5.74) is 2.20. The van der Waals surface area contributed by atoms with Crippen molar-refractivity contribution < 1.29 is 24.2 Å². The molecular weight excluding hydrogens is 425 g/mol. The number of halogens is 1. The van der Waals surface area contributed by atoms with Crippen molar-refractivity contribution in [1.82, 2.24) is 9.47 Å². The molecule has 4 bridgehead atoms. The van der Waals surface area contributed by atoms with Crippen molar-refractivity contribution in [2.45, 2.75) is 70.2 Å². The average Bonchev–Trinajstić information content (AvgIpc) is 3.24. The Morgan fingerprint density at radius 1 is 1.18 bits per heavy atom. The normalized spacial score (nSPS) is 28.5. The van der Waals surface area contributed by atoms with Crippen LogP contribution in [0.15, 0.2) is 18.2 Å². The zero-order valence-electron chi connectivity index (χ0n) is 19.4. The standard InChI is InChI=1S/C25H30FN3O4/c1-12-7-16(5-6-19(12)26)27-23(31)20-13(2)21(28(4)14(20)3)22(30)24(32)29-17-8-15-9-18(29)11-25(15,33)10-17/h5-7,15,17-18,22,30,33H,8-11H2,1-4H3,(H,27,31)/t15?,17-,18+,22?,25?. The predicted octanol–water partition coefficient (Wildman–Crippen LogP) is 2.89. The van der Waals surface area contributed by atoms with Gasteiger partial charge >= 0.3 is 0 Å². The third-order valence-electron chi connectivity index (χ3n) is 8.21. The number of nitrogens with zero attached hydrogens (tertiary/aromatic N) is 2. The molecule has 3 heterocycles. The predicted molar refractivity (Wildman–Crippen MR) is 120 cm³/mol. The lowest BCUT2D eigenvalue weighted by Crippen LogP contribution is -2.53. The molecule has 1 aromatic heterocycles. The van der Waals surface area contributed by atoms with Gasteiger partial charge in [-0.15, -0.1) is 0 Å². The molecule has 6 rings (SSSR count). The Kier molecular flexibility index (Phi) is 4.95. The summed E-state index contributed by atoms with van der Waals surface area (Å²) in [6, 6.07) is 4.28. The van der Waals surface area contributed by atoms with Crippen molar-refractivity contribution in [3.8, 4) is 0 Å². The van der Waals surface area contributed by atoms with E-state index in [9.17, 15) is 24.2 Å². The summed E-state index contributed by atoms with van der Waals surface area (Å²) in [7, 11) is 1.73. The lowest BCUT2D eigenvalue weighted by Gasteiger charge is -2.42. The Bertz CT molecular complexity index is 1160. The Labute approximate surface area is 192 Å². The Morgan fingerprint density at radius 3 is 2.39 bits per heavy atom. The van der Waals surface area contributed by atoms with Crippen LogP contribution >= 0.6 is 0 Å². The van der Waals surface area contributed by atoms with Crippen molar-refractivity contribution in [1.29, 1.82) is 0 Å². The van der Waals surface area contributed by atoms with Crippen LogP contribution in [0.3, 0.4) is 0 Å². The van der Waals surface area contributed by atoms with Gasteiger partial charge in [0.05, 0.1) is 16.9 Å². The summed E-state index contributed by atoms with van der Waals surface area (Å²) in [4.78, 5) is 28.3. The molecule has 2 aliphatic heterocycles. The van der Waals surface area contributed by atoms with Crippen LogP contribution in [0.5, 0.6) is 0 Å². The molecule has 0 spiro atoms. The molecule has 3 N–H and O–H groups in total. The Balaban J connectivity index is 1.41. The zero-order valence-corrected chi connectivity index (χ0v) is 19.4. The summed E-state index contributed by atoms with van der Waals surface area (Å²) in [5, 5.41) is 24.7. The number of amides is 2. The van der Waals surface area contributed by atoms with Crippen LogP contribution in [0, 0.1) is 32.5 Å². The van der Waals surface area contributed by atoms with Gasteiger partial charge in [-0.25, -0.2) is 4.39 Å². The van der Waals surface area contributed by atoms with Crippen LogP contribution < -0.4 is 5.32 Å². The number of carbonyl (C=O) groups excluding carboxylic acids is 2. The van der Waals surface area contributed by atoms with Gasteiger partial charge < -0.3 is 25.0 Å². The van der Waals surface area contributed by atoms with Crippen molar-refractivity contribution in [3.63, 3.8) is 0 Å². The largest absolute Gasteiger partial charge is 0.389 e. The van der Waals surface area contributed by atoms with E-state index in [4.69, 9.17) is 0 Å². The number of aryl methyl sites for hydroxylation is 1. The zero-order chi connectivity index (χ0) is 23.8. The fourth-order valence-corrected chi connectivity index (χ4v) is 6.57. The van der Waals surface area contributed by atoms with E-state index in [2.05, 4.69) is 5.32 Å². The van der Waals surface area contributed by atoms with E-state index < -0.39 is 11.7 Å². The van der Waals surface area contributed by atoms with Crippen LogP contribution in [0.4, 0.5) is 10.1 Å². The first kappa shape index (κ1) is 22.1. The van der Waals surface area contributed by atoms with E-state index in [1.54, 1.807) is 43.4 Å². The molecule has 33 heavy (non-hydrogen) atoms. The monoisotopic (exact) mass is 455 g/mol. The van der Waals surface area contributed by atoms with Gasteiger partial charge in [-0.05, 0) is 81.7 Å². The number of hydrogen-bond acceptors (Lipinski definition) is 4. The highest BCUT2D eigenvalue weighted by Crippen LogP contribution is 2.56. The summed E-state index contributed by atoms with van der Waals surface area (Å²) >= 11 is 0. The second-order valence-corrected chi connectivity index (χ2v) is 10.1. The Morgan fingerprint density at radius 2 is 1.82 bits per heavy atom. The van der Waals surface area contributed by atoms with Gasteiger partial charge in [0.25, 0.3) is 11.8 Å². The molecule has 7 nitrogen and oxygen atoms in total. The smallest absolute Gasteiger partial charge is 0.258 e. The molecule has 4 fully saturated rings. The third-order valence-corrected chi connectivity index (χ3v) is 8.21. The van der Waals surface area contributed by atoms with E-state index in [1.165, 1.54) is 12.1 Å². The molecule has 2 amide bonds. The lowest BCUT2D eigenvalue weighted by atomic mass is 9.93. The summed E-state index contributed by atoms with van der Waals surface area (Å²) in [5.74, 6) is -0.839. The fraction of sp³-hybridized carbons (Fsp3) is 0.520. The number of anilines is 1. The van der Waals surface area contributed by atoms with Crippen molar-refractivity contribution in [2.75, 3.05) is 5.32 Å². The molecule has 4 aliphatic rings. The van der Waals surface area contributed by atoms with E-state index in [0.29, 0.717) is 46.6 Å². The third kappa shape index (κ3) is 3.22. The van der Waals surface area contributed by atoms with E-state index in [1.807, 2.05) is 0 Å². The van der Waals surface area contributed by atoms with E-state index in [-0.39, 0.29) is 35.6 Å². The quantitative estimate of drug-likeness (QED) is 0.661. The van der Waals surface area contributed by atoms with Gasteiger partial charge in [0.2, 0.25) is 0 Å². The van der Waals surface area contributed by atoms with Gasteiger partial charge in [0.15, 0.2) is 6.10 Å². The first-order valence-corrected chi connectivity index (χ1v) is 11.5. The van der Waals surface area contributed by atoms with Crippen molar-refractivity contribution in [3.05, 3.63) is 52.1 Å². The molecule has 3 unspecified atom stereocenters. The van der Waals surface area contributed by atoms with E-state index >= 15 is 0 Å². The molecule has 0 radical (unpaired) electrons. The first-order chi connectivity index (χ1) is 15.5. The minimum absolute atomic E-state index is 0.0409. The molecule has 176 valence electrons. The second-order valence-electron chi connectivity index (χ2n) is 10.1. The average molecular weight is 456 g/mol. The van der Waals surface area contributed by atoms with Gasteiger partial charge in [0, 0.05) is 30.5 Å². The topological polar surface area (TPSA) is 94.8 Å². The number of nitrogens with one attached hydrogen (secondary N) is 1. The summed E-state index contributed by atoms with van der Waals surface area (Å²) in [6.07, 6.45) is 1.31. The number of aliphatic hydroxyl groups is 2. The minimum atomic E-state index is -1.39. The van der Waals surface area contributed by atoms with Gasteiger partial charge in [-0.2, -0.15) is 0 Å². The van der Waals surface area contributed by atoms with Crippen molar-refractivity contribution >= 4 is 17.5 Å². The molecule has 2 saturated carbocycles. The van der Waals surface area contributed by atoms with E-state index in [0.717, 1.165) is 12.8 Å². The highest BCUT2D eigenvalue weighted by atomic mass is 19.1. The van der Waals surface area contributed by atoms with Crippen molar-refractivity contribution in [2.24, 2.45) is 13.0 Å². The van der Waals surface area contributed by atoms with Crippen LogP contribution in [0.1, 0.15) is 64.7 Å². The minimum Gasteiger partial charge on any atom is -0.389 e. The van der Waals surface area contributed by atoms with Crippen LogP contribution in [-0.4, -0.2) is 49.2 Å². The summed E-state index contributed by atoms with van der Waals surface area (Å²) in [6.45, 7) is 5.13. The van der Waals surface area contributed by atoms with Gasteiger partial charge in [-0.1, -0.05) is 0 Å². The molecule has 8 heteroatoms. The maximum atomic E-state index is 13.6. The summed E-state index contributed by atoms with van der Waals surface area (Å²) < 4.78 is 15.3. The molecule has 1 aromatic carbocycles. The van der Waals surface area contributed by atoms with Gasteiger partial charge in [0.1, 0.15) is 5.82 Å². The number of rotatable bonds is 4. The highest BCUT2D eigenvalue weighted by Gasteiger charge is 2.61. The SMILES string of the molecule is Cc1cc(NC(=O)c2c(C)c(C(O)C(=O)N3[C@@H]4CC5C[C@H]3CC5(O)C4)n(C)c2C)ccc1F. The molecule has 2 aliphatic carbocycles. The lowest BCUT2D eigenvalue weighted by molar-refractivity contribution is -0.149. The number of benzene rings is 1.